The third-order valence-electron chi connectivity index (χ3n) is 8.99. The summed E-state index contributed by atoms with van der Waals surface area (Å²) in [7, 11) is 1.51. The first-order valence-electron chi connectivity index (χ1n) is 18.2. The number of nitrogens with one attached hydrogen (secondary N) is 2. The van der Waals surface area contributed by atoms with E-state index in [-0.39, 0.29) is 38.3 Å². The minimum Gasteiger partial charge on any atom is -0.497 e. The number of methoxy groups -OCH3 is 2. The lowest BCUT2D eigenvalue weighted by molar-refractivity contribution is -0.124. The maximum absolute atomic E-state index is 13.8. The molecule has 3 atom stereocenters. The van der Waals surface area contributed by atoms with Gasteiger partial charge in [-0.1, -0.05) is 54.6 Å². The van der Waals surface area contributed by atoms with Gasteiger partial charge in [0.15, 0.2) is 0 Å². The average Bonchev–Trinajstić information content (AvgIpc) is 3.17. The standard InChI is InChI=1S/C41H52N5O8P/c1-28(2)46(29(3)4)55(53-24-12-23-42)54-31(6)37(43-38(47)26-45-25-30(5)39(48)44-40(45)49)27-52-41(32-13-10-9-11-14-32,33-15-19-35(50-7)20-16-33)34-17-21-36(51-8)22-18-34/h9-11,13-22,25,28-29,31,37H,12,24,26-27H2,1-8H3,(H,43,47)(H,44,48,49)/t31-,37-,55?/m1/s1. The number of nitriles is 1. The second-order valence-electron chi connectivity index (χ2n) is 13.5. The highest BCUT2D eigenvalue weighted by atomic mass is 31.2. The SMILES string of the molecule is COc1ccc(C(OC[C@@H](NC(=O)Cn2cc(C)c(=O)[nH]c2=O)[C@@H](C)OP(OCCC#N)N(C(C)C)C(C)C)(c2ccccc2)c2ccc(OC)cc2)cc1. The van der Waals surface area contributed by atoms with E-state index >= 15 is 0 Å². The summed E-state index contributed by atoms with van der Waals surface area (Å²) < 4.78 is 34.4. The lowest BCUT2D eigenvalue weighted by Crippen LogP contribution is -2.50. The van der Waals surface area contributed by atoms with E-state index in [4.69, 9.17) is 23.3 Å². The first-order valence-corrected chi connectivity index (χ1v) is 19.3. The molecule has 1 heterocycles. The molecule has 0 saturated heterocycles. The van der Waals surface area contributed by atoms with Crippen LogP contribution >= 0.6 is 8.53 Å². The van der Waals surface area contributed by atoms with E-state index in [1.807, 2.05) is 113 Å². The number of benzene rings is 3. The highest BCUT2D eigenvalue weighted by Crippen LogP contribution is 2.48. The number of H-pyrrole nitrogens is 1. The van der Waals surface area contributed by atoms with Gasteiger partial charge in [-0.25, -0.2) is 9.46 Å². The van der Waals surface area contributed by atoms with Gasteiger partial charge in [-0.05, 0) is 82.5 Å². The zero-order valence-corrected chi connectivity index (χ0v) is 33.7. The van der Waals surface area contributed by atoms with Gasteiger partial charge in [0, 0.05) is 23.8 Å². The Morgan fingerprint density at radius 2 is 1.44 bits per heavy atom. The van der Waals surface area contributed by atoms with E-state index in [1.165, 1.54) is 6.20 Å². The van der Waals surface area contributed by atoms with E-state index in [1.54, 1.807) is 21.1 Å². The summed E-state index contributed by atoms with van der Waals surface area (Å²) in [5, 5.41) is 12.3. The summed E-state index contributed by atoms with van der Waals surface area (Å²) >= 11 is 0. The number of aromatic nitrogens is 2. The van der Waals surface area contributed by atoms with Crippen LogP contribution in [0.2, 0.25) is 0 Å². The van der Waals surface area contributed by atoms with Crippen molar-refractivity contribution in [1.29, 1.82) is 5.26 Å². The molecule has 3 aromatic carbocycles. The lowest BCUT2D eigenvalue weighted by atomic mass is 9.80. The molecule has 0 fully saturated rings. The number of aryl methyl sites for hydroxylation is 1. The smallest absolute Gasteiger partial charge is 0.328 e. The molecule has 0 aliphatic carbocycles. The van der Waals surface area contributed by atoms with Crippen LogP contribution in [-0.2, 0) is 30.7 Å². The van der Waals surface area contributed by atoms with E-state index in [0.717, 1.165) is 21.3 Å². The van der Waals surface area contributed by atoms with Crippen LogP contribution in [0, 0.1) is 18.3 Å². The molecule has 0 aliphatic heterocycles. The fourth-order valence-corrected chi connectivity index (χ4v) is 7.97. The molecular formula is C41H52N5O8P. The number of aromatic amines is 1. The topological polar surface area (TPSA) is 157 Å². The molecular weight excluding hydrogens is 721 g/mol. The molecule has 13 nitrogen and oxygen atoms in total. The summed E-state index contributed by atoms with van der Waals surface area (Å²) in [4.78, 5) is 40.8. The third kappa shape index (κ3) is 10.9. The summed E-state index contributed by atoms with van der Waals surface area (Å²) in [6, 6.07) is 26.4. The van der Waals surface area contributed by atoms with Gasteiger partial charge in [-0.15, -0.1) is 0 Å². The number of carbonyl (C=O) groups excluding carboxylic acids is 1. The van der Waals surface area contributed by atoms with Gasteiger partial charge in [0.1, 0.15) is 23.6 Å². The molecule has 0 radical (unpaired) electrons. The first-order chi connectivity index (χ1) is 26.3. The van der Waals surface area contributed by atoms with Crippen molar-refractivity contribution in [3.8, 4) is 17.6 Å². The molecule has 0 bridgehead atoms. The van der Waals surface area contributed by atoms with Gasteiger partial charge in [-0.2, -0.15) is 5.26 Å². The van der Waals surface area contributed by atoms with Gasteiger partial charge in [-0.3, -0.25) is 19.1 Å². The molecule has 1 aromatic heterocycles. The fourth-order valence-electron chi connectivity index (χ4n) is 6.24. The summed E-state index contributed by atoms with van der Waals surface area (Å²) in [6.07, 6.45) is 0.831. The molecule has 55 heavy (non-hydrogen) atoms. The Balaban J connectivity index is 1.82. The Bertz CT molecular complexity index is 1920. The van der Waals surface area contributed by atoms with Crippen LogP contribution in [-0.4, -0.2) is 71.8 Å². The fraction of sp³-hybridized carbons (Fsp3) is 0.415. The summed E-state index contributed by atoms with van der Waals surface area (Å²) in [5.41, 5.74) is 0.284. The molecule has 0 aliphatic rings. The molecule has 1 amide bonds. The van der Waals surface area contributed by atoms with E-state index in [9.17, 15) is 19.6 Å². The van der Waals surface area contributed by atoms with Crippen molar-refractivity contribution in [3.05, 3.63) is 128 Å². The van der Waals surface area contributed by atoms with Crippen molar-refractivity contribution in [2.45, 2.75) is 84.3 Å². The quantitative estimate of drug-likeness (QED) is 0.0617. The van der Waals surface area contributed by atoms with Gasteiger partial charge < -0.3 is 28.6 Å². The molecule has 2 N–H and O–H groups in total. The lowest BCUT2D eigenvalue weighted by Gasteiger charge is -2.40. The van der Waals surface area contributed by atoms with Crippen molar-refractivity contribution < 1.29 is 28.1 Å². The highest BCUT2D eigenvalue weighted by molar-refractivity contribution is 7.44. The summed E-state index contributed by atoms with van der Waals surface area (Å²) in [6.45, 7) is 11.3. The van der Waals surface area contributed by atoms with Crippen molar-refractivity contribution in [1.82, 2.24) is 19.5 Å². The van der Waals surface area contributed by atoms with Crippen LogP contribution < -0.4 is 26.0 Å². The van der Waals surface area contributed by atoms with E-state index in [2.05, 4.69) is 21.0 Å². The monoisotopic (exact) mass is 773 g/mol. The minimum atomic E-state index is -1.70. The first kappa shape index (κ1) is 42.9. The van der Waals surface area contributed by atoms with Crippen molar-refractivity contribution >= 4 is 14.4 Å². The average molecular weight is 774 g/mol. The van der Waals surface area contributed by atoms with Crippen LogP contribution in [0.5, 0.6) is 11.5 Å². The zero-order chi connectivity index (χ0) is 40.1. The molecule has 294 valence electrons. The predicted molar refractivity (Wildman–Crippen MR) is 212 cm³/mol. The summed E-state index contributed by atoms with van der Waals surface area (Å²) in [5.74, 6) is 0.839. The molecule has 4 aromatic rings. The van der Waals surface area contributed by atoms with Crippen LogP contribution in [0.25, 0.3) is 0 Å². The Labute approximate surface area is 324 Å². The van der Waals surface area contributed by atoms with Crippen molar-refractivity contribution in [2.75, 3.05) is 27.4 Å². The number of carbonyl (C=O) groups is 1. The van der Waals surface area contributed by atoms with Gasteiger partial charge in [0.05, 0.1) is 52.1 Å². The normalized spacial score (nSPS) is 13.3. The number of rotatable bonds is 20. The second kappa shape index (κ2) is 20.2. The maximum Gasteiger partial charge on any atom is 0.328 e. The zero-order valence-electron chi connectivity index (χ0n) is 32.8. The predicted octanol–water partition coefficient (Wildman–Crippen LogP) is 6.04. The highest BCUT2D eigenvalue weighted by Gasteiger charge is 2.40. The molecule has 4 rings (SSSR count). The van der Waals surface area contributed by atoms with Crippen molar-refractivity contribution in [2.24, 2.45) is 0 Å². The van der Waals surface area contributed by atoms with Crippen LogP contribution in [0.15, 0.2) is 94.6 Å². The largest absolute Gasteiger partial charge is 0.497 e. The maximum atomic E-state index is 13.8. The van der Waals surface area contributed by atoms with Crippen LogP contribution in [0.1, 0.15) is 63.3 Å². The molecule has 14 heteroatoms. The molecule has 0 saturated carbocycles. The minimum absolute atomic E-state index is 0.0379. The Kier molecular flexibility index (Phi) is 15.8. The third-order valence-corrected chi connectivity index (χ3v) is 11.2. The second-order valence-corrected chi connectivity index (χ2v) is 15.0. The van der Waals surface area contributed by atoms with Crippen molar-refractivity contribution in [3.63, 3.8) is 0 Å². The number of hydrogen-bond acceptors (Lipinski definition) is 10. The Hall–Kier alpha value is -4.83. The molecule has 1 unspecified atom stereocenters. The van der Waals surface area contributed by atoms with Gasteiger partial charge in [0.25, 0.3) is 14.1 Å². The number of hydrogen-bond donors (Lipinski definition) is 2. The Morgan fingerprint density at radius 1 is 0.891 bits per heavy atom. The number of nitrogens with zero attached hydrogens (tertiary/aromatic N) is 3. The Morgan fingerprint density at radius 3 is 1.95 bits per heavy atom. The number of amides is 1. The van der Waals surface area contributed by atoms with Crippen LogP contribution in [0.4, 0.5) is 0 Å². The van der Waals surface area contributed by atoms with Gasteiger partial charge >= 0.3 is 5.69 Å². The van der Waals surface area contributed by atoms with Gasteiger partial charge in [0.2, 0.25) is 5.91 Å². The van der Waals surface area contributed by atoms with Crippen LogP contribution in [0.3, 0.4) is 0 Å². The molecule has 0 spiro atoms. The van der Waals surface area contributed by atoms with E-state index < -0.39 is 43.4 Å². The number of ether oxygens (including phenoxy) is 3. The van der Waals surface area contributed by atoms with E-state index in [0.29, 0.717) is 17.1 Å².